The summed E-state index contributed by atoms with van der Waals surface area (Å²) in [6, 6.07) is 16.6. The van der Waals surface area contributed by atoms with Crippen LogP contribution in [-0.4, -0.2) is 30.9 Å². The molecule has 24 heavy (non-hydrogen) atoms. The van der Waals surface area contributed by atoms with Gasteiger partial charge in [0.15, 0.2) is 0 Å². The van der Waals surface area contributed by atoms with E-state index in [0.717, 1.165) is 18.7 Å². The molecule has 0 unspecified atom stereocenters. The van der Waals surface area contributed by atoms with Gasteiger partial charge in [-0.05, 0) is 42.5 Å². The Morgan fingerprint density at radius 2 is 1.62 bits per heavy atom. The number of para-hydroxylation sites is 1. The van der Waals surface area contributed by atoms with Crippen molar-refractivity contribution in [1.82, 2.24) is 4.90 Å². The van der Waals surface area contributed by atoms with Crippen LogP contribution in [0.15, 0.2) is 48.5 Å². The van der Waals surface area contributed by atoms with Gasteiger partial charge in [0, 0.05) is 32.4 Å². The maximum Gasteiger partial charge on any atom is 0.227 e. The summed E-state index contributed by atoms with van der Waals surface area (Å²) in [7, 11) is 1.90. The Hall–Kier alpha value is -2.29. The van der Waals surface area contributed by atoms with Gasteiger partial charge in [0.2, 0.25) is 5.91 Å². The molecule has 1 aliphatic rings. The van der Waals surface area contributed by atoms with E-state index < -0.39 is 0 Å². The van der Waals surface area contributed by atoms with Gasteiger partial charge in [-0.2, -0.15) is 0 Å². The highest BCUT2D eigenvalue weighted by Gasteiger charge is 2.18. The standard InChI is InChI=1S/C21H26N2O/c1-17-9-3-4-10-18(17)15-21(24)22(2)16-19-11-5-6-12-20(19)23-13-7-8-14-23/h3-6,9-12H,7-8,13-16H2,1-2H3. The minimum Gasteiger partial charge on any atom is -0.371 e. The number of carbonyl (C=O) groups is 1. The van der Waals surface area contributed by atoms with Gasteiger partial charge in [-0.25, -0.2) is 0 Å². The third-order valence-electron chi connectivity index (χ3n) is 4.87. The lowest BCUT2D eigenvalue weighted by atomic mass is 10.1. The summed E-state index contributed by atoms with van der Waals surface area (Å²) in [4.78, 5) is 16.9. The molecule has 2 aromatic rings. The van der Waals surface area contributed by atoms with Crippen LogP contribution in [0.25, 0.3) is 0 Å². The zero-order chi connectivity index (χ0) is 16.9. The number of hydrogen-bond donors (Lipinski definition) is 0. The number of anilines is 1. The number of rotatable bonds is 5. The van der Waals surface area contributed by atoms with E-state index in [2.05, 4.69) is 42.2 Å². The number of amides is 1. The van der Waals surface area contributed by atoms with E-state index >= 15 is 0 Å². The fraction of sp³-hybridized carbons (Fsp3) is 0.381. The summed E-state index contributed by atoms with van der Waals surface area (Å²) in [5, 5.41) is 0. The van der Waals surface area contributed by atoms with Gasteiger partial charge in [-0.1, -0.05) is 42.5 Å². The highest BCUT2D eigenvalue weighted by atomic mass is 16.2. The molecule has 3 nitrogen and oxygen atoms in total. The van der Waals surface area contributed by atoms with Crippen LogP contribution >= 0.6 is 0 Å². The second kappa shape index (κ2) is 7.52. The molecule has 1 saturated heterocycles. The van der Waals surface area contributed by atoms with Crippen molar-refractivity contribution >= 4 is 11.6 Å². The molecule has 126 valence electrons. The predicted octanol–water partition coefficient (Wildman–Crippen LogP) is 3.80. The second-order valence-corrected chi connectivity index (χ2v) is 6.68. The molecule has 1 aliphatic heterocycles. The van der Waals surface area contributed by atoms with Crippen LogP contribution < -0.4 is 4.90 Å². The molecule has 3 rings (SSSR count). The number of benzene rings is 2. The first-order valence-electron chi connectivity index (χ1n) is 8.76. The van der Waals surface area contributed by atoms with Gasteiger partial charge in [-0.15, -0.1) is 0 Å². The SMILES string of the molecule is Cc1ccccc1CC(=O)N(C)Cc1ccccc1N1CCCC1. The maximum atomic E-state index is 12.6. The van der Waals surface area contributed by atoms with Crippen molar-refractivity contribution in [2.24, 2.45) is 0 Å². The van der Waals surface area contributed by atoms with Crippen molar-refractivity contribution in [3.8, 4) is 0 Å². The van der Waals surface area contributed by atoms with Gasteiger partial charge < -0.3 is 9.80 Å². The van der Waals surface area contributed by atoms with E-state index in [1.165, 1.54) is 29.7 Å². The second-order valence-electron chi connectivity index (χ2n) is 6.68. The number of nitrogens with zero attached hydrogens (tertiary/aromatic N) is 2. The lowest BCUT2D eigenvalue weighted by Crippen LogP contribution is -2.29. The van der Waals surface area contributed by atoms with Gasteiger partial charge in [0.1, 0.15) is 0 Å². The van der Waals surface area contributed by atoms with Crippen LogP contribution in [0.1, 0.15) is 29.5 Å². The molecule has 3 heteroatoms. The van der Waals surface area contributed by atoms with Crippen LogP contribution in [0, 0.1) is 6.92 Å². The van der Waals surface area contributed by atoms with Crippen LogP contribution in [0.3, 0.4) is 0 Å². The van der Waals surface area contributed by atoms with Crippen molar-refractivity contribution in [2.45, 2.75) is 32.7 Å². The molecule has 0 N–H and O–H groups in total. The summed E-state index contributed by atoms with van der Waals surface area (Å²) in [5.41, 5.74) is 4.81. The smallest absolute Gasteiger partial charge is 0.227 e. The number of hydrogen-bond acceptors (Lipinski definition) is 2. The maximum absolute atomic E-state index is 12.6. The molecule has 0 saturated carbocycles. The van der Waals surface area contributed by atoms with Gasteiger partial charge in [0.05, 0.1) is 6.42 Å². The Labute approximate surface area is 144 Å². The molecule has 0 aliphatic carbocycles. The average molecular weight is 322 g/mol. The first-order chi connectivity index (χ1) is 11.6. The summed E-state index contributed by atoms with van der Waals surface area (Å²) >= 11 is 0. The third kappa shape index (κ3) is 3.78. The molecule has 0 bridgehead atoms. The molecule has 0 aromatic heterocycles. The predicted molar refractivity (Wildman–Crippen MR) is 99.2 cm³/mol. The lowest BCUT2D eigenvalue weighted by Gasteiger charge is -2.24. The monoisotopic (exact) mass is 322 g/mol. The Balaban J connectivity index is 1.69. The molecule has 0 spiro atoms. The first kappa shape index (κ1) is 16.6. The number of carbonyl (C=O) groups excluding carboxylic acids is 1. The van der Waals surface area contributed by atoms with Crippen molar-refractivity contribution < 1.29 is 4.79 Å². The molecule has 1 heterocycles. The molecule has 1 fully saturated rings. The van der Waals surface area contributed by atoms with E-state index in [1.54, 1.807) is 0 Å². The van der Waals surface area contributed by atoms with Crippen molar-refractivity contribution in [1.29, 1.82) is 0 Å². The Morgan fingerprint density at radius 1 is 1.00 bits per heavy atom. The Bertz CT molecular complexity index is 704. The molecule has 1 amide bonds. The van der Waals surface area contributed by atoms with E-state index in [-0.39, 0.29) is 5.91 Å². The van der Waals surface area contributed by atoms with Crippen LogP contribution in [0.4, 0.5) is 5.69 Å². The van der Waals surface area contributed by atoms with Crippen molar-refractivity contribution in [3.05, 3.63) is 65.2 Å². The highest BCUT2D eigenvalue weighted by molar-refractivity contribution is 5.79. The molecular formula is C21H26N2O. The summed E-state index contributed by atoms with van der Waals surface area (Å²) < 4.78 is 0. The van der Waals surface area contributed by atoms with E-state index in [4.69, 9.17) is 0 Å². The average Bonchev–Trinajstić information content (AvgIpc) is 3.11. The van der Waals surface area contributed by atoms with E-state index in [0.29, 0.717) is 13.0 Å². The quantitative estimate of drug-likeness (QED) is 0.836. The summed E-state index contributed by atoms with van der Waals surface area (Å²) in [6.07, 6.45) is 2.99. The van der Waals surface area contributed by atoms with Crippen LogP contribution in [0.2, 0.25) is 0 Å². The molecule has 0 radical (unpaired) electrons. The molecular weight excluding hydrogens is 296 g/mol. The summed E-state index contributed by atoms with van der Waals surface area (Å²) in [6.45, 7) is 4.97. The normalized spacial score (nSPS) is 14.0. The van der Waals surface area contributed by atoms with Gasteiger partial charge >= 0.3 is 0 Å². The van der Waals surface area contributed by atoms with Crippen molar-refractivity contribution in [3.63, 3.8) is 0 Å². The van der Waals surface area contributed by atoms with Gasteiger partial charge in [0.25, 0.3) is 0 Å². The topological polar surface area (TPSA) is 23.6 Å². The van der Waals surface area contributed by atoms with Crippen LogP contribution in [-0.2, 0) is 17.8 Å². The zero-order valence-corrected chi connectivity index (χ0v) is 14.7. The summed E-state index contributed by atoms with van der Waals surface area (Å²) in [5.74, 6) is 0.167. The van der Waals surface area contributed by atoms with E-state index in [1.807, 2.05) is 30.1 Å². The highest BCUT2D eigenvalue weighted by Crippen LogP contribution is 2.25. The molecule has 0 atom stereocenters. The Kier molecular flexibility index (Phi) is 5.19. The lowest BCUT2D eigenvalue weighted by molar-refractivity contribution is -0.129. The number of likely N-dealkylation sites (N-methyl/N-ethyl adjacent to an activating group) is 1. The third-order valence-corrected chi connectivity index (χ3v) is 4.87. The first-order valence-corrected chi connectivity index (χ1v) is 8.76. The van der Waals surface area contributed by atoms with E-state index in [9.17, 15) is 4.79 Å². The molecule has 2 aromatic carbocycles. The van der Waals surface area contributed by atoms with Crippen LogP contribution in [0.5, 0.6) is 0 Å². The fourth-order valence-electron chi connectivity index (χ4n) is 3.36. The minimum atomic E-state index is 0.167. The minimum absolute atomic E-state index is 0.167. The van der Waals surface area contributed by atoms with Crippen molar-refractivity contribution in [2.75, 3.05) is 25.0 Å². The Morgan fingerprint density at radius 3 is 2.33 bits per heavy atom. The van der Waals surface area contributed by atoms with Gasteiger partial charge in [-0.3, -0.25) is 4.79 Å². The zero-order valence-electron chi connectivity index (χ0n) is 14.7. The fourth-order valence-corrected chi connectivity index (χ4v) is 3.36. The number of aryl methyl sites for hydroxylation is 1. The largest absolute Gasteiger partial charge is 0.371 e.